The highest BCUT2D eigenvalue weighted by molar-refractivity contribution is 5.03. The summed E-state index contributed by atoms with van der Waals surface area (Å²) >= 11 is 0. The molecule has 3 heteroatoms. The summed E-state index contributed by atoms with van der Waals surface area (Å²) < 4.78 is 0. The Kier molecular flexibility index (Phi) is 6.51. The highest BCUT2D eigenvalue weighted by Crippen LogP contribution is 2.36. The van der Waals surface area contributed by atoms with E-state index < -0.39 is 0 Å². The second-order valence-corrected chi connectivity index (χ2v) is 7.33. The van der Waals surface area contributed by atoms with Gasteiger partial charge in [-0.25, -0.2) is 0 Å². The van der Waals surface area contributed by atoms with E-state index in [0.29, 0.717) is 0 Å². The topological polar surface area (TPSA) is 39.1 Å². The van der Waals surface area contributed by atoms with Crippen LogP contribution in [0.15, 0.2) is 0 Å². The summed E-state index contributed by atoms with van der Waals surface area (Å²) in [7, 11) is 0. The zero-order valence-electron chi connectivity index (χ0n) is 14.0. The maximum absolute atomic E-state index is 9.27. The van der Waals surface area contributed by atoms with Crippen LogP contribution in [0.4, 0.5) is 0 Å². The molecule has 0 bridgehead atoms. The highest BCUT2D eigenvalue weighted by Gasteiger charge is 2.30. The lowest BCUT2D eigenvalue weighted by atomic mass is 9.75. The van der Waals surface area contributed by atoms with E-state index in [0.717, 1.165) is 31.2 Å². The van der Waals surface area contributed by atoms with Crippen molar-refractivity contribution in [2.24, 2.45) is 11.8 Å². The molecule has 2 aliphatic rings. The summed E-state index contributed by atoms with van der Waals surface area (Å²) in [5.41, 5.74) is -0.328. The Morgan fingerprint density at radius 1 is 1.19 bits per heavy atom. The van der Waals surface area contributed by atoms with E-state index in [2.05, 4.69) is 23.2 Å². The molecule has 1 heterocycles. The minimum Gasteiger partial charge on any atom is -0.303 e. The lowest BCUT2D eigenvalue weighted by molar-refractivity contribution is 0.0854. The molecule has 1 aliphatic heterocycles. The van der Waals surface area contributed by atoms with Gasteiger partial charge in [-0.05, 0) is 70.5 Å². The van der Waals surface area contributed by atoms with Crippen molar-refractivity contribution >= 4 is 0 Å². The normalized spacial score (nSPS) is 29.4. The third-order valence-corrected chi connectivity index (χ3v) is 5.59. The Labute approximate surface area is 131 Å². The summed E-state index contributed by atoms with van der Waals surface area (Å²) in [6.07, 6.45) is 10.7. The molecule has 0 radical (unpaired) electrons. The minimum absolute atomic E-state index is 0.328. The largest absolute Gasteiger partial charge is 0.303 e. The number of likely N-dealkylation sites (tertiary alicyclic amines) is 1. The average Bonchev–Trinajstić information content (AvgIpc) is 2.52. The first kappa shape index (κ1) is 16.8. The average molecular weight is 291 g/mol. The van der Waals surface area contributed by atoms with Crippen LogP contribution in [0.1, 0.15) is 65.2 Å². The van der Waals surface area contributed by atoms with E-state index in [9.17, 15) is 5.26 Å². The van der Waals surface area contributed by atoms with E-state index in [1.54, 1.807) is 0 Å². The molecule has 0 aromatic heterocycles. The minimum atomic E-state index is -0.328. The zero-order chi connectivity index (χ0) is 15.1. The summed E-state index contributed by atoms with van der Waals surface area (Å²) in [6, 6.07) is 2.43. The smallest absolute Gasteiger partial charge is 0.103 e. The van der Waals surface area contributed by atoms with Gasteiger partial charge < -0.3 is 4.90 Å². The fraction of sp³-hybridized carbons (Fsp3) is 0.944. The molecule has 0 aromatic rings. The molecular weight excluding hydrogens is 258 g/mol. The number of hydrogen-bond donors (Lipinski definition) is 1. The van der Waals surface area contributed by atoms with Crippen molar-refractivity contribution in [3.8, 4) is 6.07 Å². The number of nitriles is 1. The van der Waals surface area contributed by atoms with E-state index in [-0.39, 0.29) is 5.54 Å². The lowest BCUT2D eigenvalue weighted by Crippen LogP contribution is -2.42. The summed E-state index contributed by atoms with van der Waals surface area (Å²) in [6.45, 7) is 8.86. The van der Waals surface area contributed by atoms with Crippen molar-refractivity contribution in [3.05, 3.63) is 0 Å². The summed E-state index contributed by atoms with van der Waals surface area (Å²) in [4.78, 5) is 2.68. The van der Waals surface area contributed by atoms with Gasteiger partial charge in [0.05, 0.1) is 6.07 Å². The monoisotopic (exact) mass is 291 g/mol. The van der Waals surface area contributed by atoms with Crippen molar-refractivity contribution in [2.75, 3.05) is 26.2 Å². The number of hydrogen-bond acceptors (Lipinski definition) is 3. The second-order valence-electron chi connectivity index (χ2n) is 7.33. The molecule has 1 saturated heterocycles. The molecule has 2 fully saturated rings. The van der Waals surface area contributed by atoms with Crippen LogP contribution in [-0.4, -0.2) is 36.6 Å². The van der Waals surface area contributed by atoms with Gasteiger partial charge in [-0.3, -0.25) is 5.32 Å². The first-order chi connectivity index (χ1) is 10.2. The standard InChI is InChI=1S/C18H33N3/c1-3-20-18(2,15-19)11-6-7-12-21-13-10-16-8-4-5-9-17(16)14-21/h16-17,20H,3-14H2,1-2H3. The fourth-order valence-corrected chi connectivity index (χ4v) is 4.27. The summed E-state index contributed by atoms with van der Waals surface area (Å²) in [5, 5.41) is 12.6. The molecule has 1 N–H and O–H groups in total. The Hall–Kier alpha value is -0.590. The van der Waals surface area contributed by atoms with Gasteiger partial charge in [0.25, 0.3) is 0 Å². The zero-order valence-corrected chi connectivity index (χ0v) is 14.0. The van der Waals surface area contributed by atoms with Crippen molar-refractivity contribution in [1.82, 2.24) is 10.2 Å². The van der Waals surface area contributed by atoms with Crippen molar-refractivity contribution in [3.63, 3.8) is 0 Å². The van der Waals surface area contributed by atoms with Crippen LogP contribution in [0.5, 0.6) is 0 Å². The number of nitrogens with one attached hydrogen (secondary N) is 1. The Morgan fingerprint density at radius 3 is 2.67 bits per heavy atom. The van der Waals surface area contributed by atoms with Crippen LogP contribution in [0.3, 0.4) is 0 Å². The molecule has 3 nitrogen and oxygen atoms in total. The van der Waals surface area contributed by atoms with Crippen LogP contribution in [-0.2, 0) is 0 Å². The molecule has 21 heavy (non-hydrogen) atoms. The van der Waals surface area contributed by atoms with E-state index in [4.69, 9.17) is 0 Å². The van der Waals surface area contributed by atoms with E-state index in [1.165, 1.54) is 58.2 Å². The number of rotatable bonds is 7. The Balaban J connectivity index is 1.64. The van der Waals surface area contributed by atoms with Gasteiger partial charge in [0, 0.05) is 6.54 Å². The van der Waals surface area contributed by atoms with Crippen molar-refractivity contribution < 1.29 is 0 Å². The van der Waals surface area contributed by atoms with Crippen molar-refractivity contribution in [1.29, 1.82) is 5.26 Å². The molecule has 1 aliphatic carbocycles. The predicted molar refractivity (Wildman–Crippen MR) is 88.1 cm³/mol. The quantitative estimate of drug-likeness (QED) is 0.729. The van der Waals surface area contributed by atoms with Gasteiger partial charge in [-0.1, -0.05) is 26.2 Å². The lowest BCUT2D eigenvalue weighted by Gasteiger charge is -2.41. The second kappa shape index (κ2) is 8.15. The van der Waals surface area contributed by atoms with Gasteiger partial charge in [0.1, 0.15) is 5.54 Å². The first-order valence-electron chi connectivity index (χ1n) is 9.05. The van der Waals surface area contributed by atoms with E-state index >= 15 is 0 Å². The van der Waals surface area contributed by atoms with E-state index in [1.807, 2.05) is 6.92 Å². The SMILES string of the molecule is CCNC(C)(C#N)CCCCN1CCC2CCCCC2C1. The molecule has 0 aromatic carbocycles. The maximum Gasteiger partial charge on any atom is 0.103 e. The summed E-state index contributed by atoms with van der Waals surface area (Å²) in [5.74, 6) is 2.02. The van der Waals surface area contributed by atoms with Gasteiger partial charge in [0.15, 0.2) is 0 Å². The number of fused-ring (bicyclic) bond motifs is 1. The Bertz CT molecular complexity index is 349. The van der Waals surface area contributed by atoms with Crippen LogP contribution < -0.4 is 5.32 Å². The molecule has 120 valence electrons. The fourth-order valence-electron chi connectivity index (χ4n) is 4.27. The van der Waals surface area contributed by atoms with Crippen LogP contribution in [0.2, 0.25) is 0 Å². The van der Waals surface area contributed by atoms with Crippen LogP contribution >= 0.6 is 0 Å². The molecule has 1 saturated carbocycles. The third-order valence-electron chi connectivity index (χ3n) is 5.59. The first-order valence-corrected chi connectivity index (χ1v) is 9.05. The molecular formula is C18H33N3. The molecule has 3 atom stereocenters. The molecule has 3 unspecified atom stereocenters. The number of piperidine rings is 1. The molecule has 0 amide bonds. The Morgan fingerprint density at radius 2 is 1.95 bits per heavy atom. The maximum atomic E-state index is 9.27. The molecule has 0 spiro atoms. The number of unbranched alkanes of at least 4 members (excludes halogenated alkanes) is 1. The van der Waals surface area contributed by atoms with Crippen LogP contribution in [0.25, 0.3) is 0 Å². The van der Waals surface area contributed by atoms with Gasteiger partial charge >= 0.3 is 0 Å². The molecule has 2 rings (SSSR count). The third kappa shape index (κ3) is 4.97. The number of nitrogens with zero attached hydrogens (tertiary/aromatic N) is 2. The van der Waals surface area contributed by atoms with Gasteiger partial charge in [0.2, 0.25) is 0 Å². The van der Waals surface area contributed by atoms with Crippen LogP contribution in [0, 0.1) is 23.2 Å². The predicted octanol–water partition coefficient (Wildman–Crippen LogP) is 3.56. The van der Waals surface area contributed by atoms with Gasteiger partial charge in [-0.15, -0.1) is 0 Å². The highest BCUT2D eigenvalue weighted by atomic mass is 15.1. The van der Waals surface area contributed by atoms with Crippen molar-refractivity contribution in [2.45, 2.75) is 70.8 Å². The van der Waals surface area contributed by atoms with Gasteiger partial charge in [-0.2, -0.15) is 5.26 Å².